The van der Waals surface area contributed by atoms with Crippen LogP contribution in [-0.2, 0) is 6.42 Å². The van der Waals surface area contributed by atoms with Gasteiger partial charge >= 0.3 is 0 Å². The summed E-state index contributed by atoms with van der Waals surface area (Å²) in [4.78, 5) is 6.29. The molecule has 2 nitrogen and oxygen atoms in total. The molecule has 1 saturated heterocycles. The number of piperidine rings is 1. The third-order valence-corrected chi connectivity index (χ3v) is 5.79. The summed E-state index contributed by atoms with van der Waals surface area (Å²) in [6.45, 7) is 4.73. The number of nitrogens with one attached hydrogen (secondary N) is 1. The molecule has 0 radical (unpaired) electrons. The number of aromatic nitrogens is 1. The monoisotopic (exact) mass is 352 g/mol. The lowest BCUT2D eigenvalue weighted by atomic mass is 10.00. The molecular weight excluding hydrogens is 328 g/mol. The topological polar surface area (TPSA) is 19.0 Å². The summed E-state index contributed by atoms with van der Waals surface area (Å²) in [5, 5.41) is 2.13. The number of hydrogen-bond donors (Lipinski definition) is 1. The van der Waals surface area contributed by atoms with Gasteiger partial charge in [0.05, 0.1) is 0 Å². The first-order valence-corrected chi connectivity index (χ1v) is 9.70. The number of benzene rings is 2. The molecule has 1 N–H and O–H groups in total. The molecule has 25 heavy (non-hydrogen) atoms. The molecule has 0 bridgehead atoms. The van der Waals surface area contributed by atoms with Crippen LogP contribution in [0.15, 0.2) is 48.5 Å². The van der Waals surface area contributed by atoms with Crippen LogP contribution in [0.25, 0.3) is 22.2 Å². The van der Waals surface area contributed by atoms with Gasteiger partial charge in [-0.15, -0.1) is 0 Å². The molecule has 3 aromatic rings. The SMILES string of the molecule is CC1CCCCN1CCc1c(-c2ccc(Cl)cc2)[nH]c2ccccc12. The number of para-hydroxylation sites is 1. The largest absolute Gasteiger partial charge is 0.354 e. The molecule has 0 amide bonds. The Hall–Kier alpha value is -1.77. The Balaban J connectivity index is 1.68. The number of fused-ring (bicyclic) bond motifs is 1. The number of likely N-dealkylation sites (tertiary alicyclic amines) is 1. The van der Waals surface area contributed by atoms with Crippen LogP contribution in [0, 0.1) is 0 Å². The van der Waals surface area contributed by atoms with E-state index in [4.69, 9.17) is 11.6 Å². The summed E-state index contributed by atoms with van der Waals surface area (Å²) in [6, 6.07) is 17.5. The molecule has 3 heteroatoms. The number of aromatic amines is 1. The maximum Gasteiger partial charge on any atom is 0.0497 e. The summed E-state index contributed by atoms with van der Waals surface area (Å²) in [5.41, 5.74) is 5.09. The van der Waals surface area contributed by atoms with Crippen LogP contribution in [0.3, 0.4) is 0 Å². The Morgan fingerprint density at radius 3 is 2.68 bits per heavy atom. The van der Waals surface area contributed by atoms with Crippen LogP contribution in [0.4, 0.5) is 0 Å². The highest BCUT2D eigenvalue weighted by Crippen LogP contribution is 2.32. The van der Waals surface area contributed by atoms with Gasteiger partial charge < -0.3 is 9.88 Å². The van der Waals surface area contributed by atoms with Crippen molar-refractivity contribution in [1.82, 2.24) is 9.88 Å². The van der Waals surface area contributed by atoms with Gasteiger partial charge in [0.25, 0.3) is 0 Å². The van der Waals surface area contributed by atoms with Gasteiger partial charge in [0.2, 0.25) is 0 Å². The average Bonchev–Trinajstić information content (AvgIpc) is 3.00. The quantitative estimate of drug-likeness (QED) is 0.618. The molecule has 1 aromatic heterocycles. The van der Waals surface area contributed by atoms with Gasteiger partial charge in [-0.2, -0.15) is 0 Å². The first-order valence-electron chi connectivity index (χ1n) is 9.32. The van der Waals surface area contributed by atoms with Crippen molar-refractivity contribution in [1.29, 1.82) is 0 Å². The molecule has 1 aliphatic heterocycles. The van der Waals surface area contributed by atoms with Crippen LogP contribution in [0.2, 0.25) is 5.02 Å². The van der Waals surface area contributed by atoms with E-state index in [-0.39, 0.29) is 0 Å². The number of nitrogens with zero attached hydrogens (tertiary/aromatic N) is 1. The highest BCUT2D eigenvalue weighted by molar-refractivity contribution is 6.30. The van der Waals surface area contributed by atoms with E-state index in [2.05, 4.69) is 53.2 Å². The smallest absolute Gasteiger partial charge is 0.0497 e. The fourth-order valence-corrected chi connectivity index (χ4v) is 4.19. The minimum atomic E-state index is 0.706. The van der Waals surface area contributed by atoms with Crippen molar-refractivity contribution in [2.75, 3.05) is 13.1 Å². The highest BCUT2D eigenvalue weighted by Gasteiger charge is 2.19. The van der Waals surface area contributed by atoms with Gasteiger partial charge in [-0.25, -0.2) is 0 Å². The lowest BCUT2D eigenvalue weighted by Gasteiger charge is -2.33. The van der Waals surface area contributed by atoms with E-state index in [1.165, 1.54) is 53.5 Å². The molecule has 2 aromatic carbocycles. The van der Waals surface area contributed by atoms with Crippen molar-refractivity contribution >= 4 is 22.5 Å². The Bertz CT molecular complexity index is 850. The Morgan fingerprint density at radius 2 is 1.88 bits per heavy atom. The first-order chi connectivity index (χ1) is 12.2. The fraction of sp³-hybridized carbons (Fsp3) is 0.364. The molecular formula is C22H25ClN2. The number of hydrogen-bond acceptors (Lipinski definition) is 1. The molecule has 0 saturated carbocycles. The standard InChI is InChI=1S/C22H25ClN2/c1-16-6-4-5-14-25(16)15-13-20-19-7-2-3-8-21(19)24-22(20)17-9-11-18(23)12-10-17/h2-3,7-12,16,24H,4-6,13-15H2,1H3. The van der Waals surface area contributed by atoms with Gasteiger partial charge in [-0.3, -0.25) is 0 Å². The van der Waals surface area contributed by atoms with Crippen LogP contribution in [-0.4, -0.2) is 29.0 Å². The maximum absolute atomic E-state index is 6.08. The molecule has 1 aliphatic rings. The third kappa shape index (κ3) is 3.47. The minimum Gasteiger partial charge on any atom is -0.354 e. The minimum absolute atomic E-state index is 0.706. The first kappa shape index (κ1) is 16.7. The normalized spacial score (nSPS) is 18.7. The third-order valence-electron chi connectivity index (χ3n) is 5.54. The molecule has 1 fully saturated rings. The molecule has 1 unspecified atom stereocenters. The molecule has 4 rings (SSSR count). The van der Waals surface area contributed by atoms with E-state index >= 15 is 0 Å². The van der Waals surface area contributed by atoms with Crippen molar-refractivity contribution in [3.05, 3.63) is 59.1 Å². The number of H-pyrrole nitrogens is 1. The van der Waals surface area contributed by atoms with Crippen molar-refractivity contribution in [2.24, 2.45) is 0 Å². The van der Waals surface area contributed by atoms with Crippen molar-refractivity contribution in [3.8, 4) is 11.3 Å². The lowest BCUT2D eigenvalue weighted by molar-refractivity contribution is 0.163. The van der Waals surface area contributed by atoms with Gasteiger partial charge in [-0.05, 0) is 62.1 Å². The molecule has 1 atom stereocenters. The van der Waals surface area contributed by atoms with Gasteiger partial charge in [0.1, 0.15) is 0 Å². The van der Waals surface area contributed by atoms with Crippen LogP contribution in [0.1, 0.15) is 31.7 Å². The van der Waals surface area contributed by atoms with Crippen molar-refractivity contribution in [3.63, 3.8) is 0 Å². The summed E-state index contributed by atoms with van der Waals surface area (Å²) in [6.07, 6.45) is 5.12. The highest BCUT2D eigenvalue weighted by atomic mass is 35.5. The number of rotatable bonds is 4. The van der Waals surface area contributed by atoms with Crippen LogP contribution in [0.5, 0.6) is 0 Å². The molecule has 2 heterocycles. The molecule has 0 spiro atoms. The van der Waals surface area contributed by atoms with Crippen molar-refractivity contribution in [2.45, 2.75) is 38.6 Å². The second kappa shape index (κ2) is 7.23. The Morgan fingerprint density at radius 1 is 1.08 bits per heavy atom. The second-order valence-corrected chi connectivity index (χ2v) is 7.60. The van der Waals surface area contributed by atoms with Gasteiger partial charge in [0.15, 0.2) is 0 Å². The van der Waals surface area contributed by atoms with Crippen LogP contribution < -0.4 is 0 Å². The van der Waals surface area contributed by atoms with Crippen molar-refractivity contribution < 1.29 is 0 Å². The Kier molecular flexibility index (Phi) is 4.82. The summed E-state index contributed by atoms with van der Waals surface area (Å²) < 4.78 is 0. The zero-order valence-electron chi connectivity index (χ0n) is 14.8. The Labute approximate surface area is 154 Å². The zero-order valence-corrected chi connectivity index (χ0v) is 15.5. The zero-order chi connectivity index (χ0) is 17.2. The predicted molar refractivity (Wildman–Crippen MR) is 107 cm³/mol. The molecule has 130 valence electrons. The lowest BCUT2D eigenvalue weighted by Crippen LogP contribution is -2.38. The predicted octanol–water partition coefficient (Wildman–Crippen LogP) is 5.91. The molecule has 0 aliphatic carbocycles. The summed E-state index contributed by atoms with van der Waals surface area (Å²) in [5.74, 6) is 0. The van der Waals surface area contributed by atoms with Gasteiger partial charge in [-0.1, -0.05) is 48.4 Å². The summed E-state index contributed by atoms with van der Waals surface area (Å²) >= 11 is 6.08. The summed E-state index contributed by atoms with van der Waals surface area (Å²) in [7, 11) is 0. The van der Waals surface area contributed by atoms with E-state index in [1.807, 2.05) is 12.1 Å². The average molecular weight is 353 g/mol. The second-order valence-electron chi connectivity index (χ2n) is 7.16. The fourth-order valence-electron chi connectivity index (χ4n) is 4.07. The number of halogens is 1. The van der Waals surface area contributed by atoms with E-state index < -0.39 is 0 Å². The van der Waals surface area contributed by atoms with E-state index in [0.717, 1.165) is 18.0 Å². The maximum atomic E-state index is 6.08. The van der Waals surface area contributed by atoms with E-state index in [9.17, 15) is 0 Å². The van der Waals surface area contributed by atoms with E-state index in [0.29, 0.717) is 6.04 Å². The van der Waals surface area contributed by atoms with E-state index in [1.54, 1.807) is 0 Å². The van der Waals surface area contributed by atoms with Gasteiger partial charge in [0, 0.05) is 34.2 Å². The van der Waals surface area contributed by atoms with Crippen LogP contribution >= 0.6 is 11.6 Å².